The summed E-state index contributed by atoms with van der Waals surface area (Å²) >= 11 is 3.27. The Bertz CT molecular complexity index is 658. The summed E-state index contributed by atoms with van der Waals surface area (Å²) in [5, 5.41) is 9.38. The Morgan fingerprint density at radius 2 is 1.90 bits per heavy atom. The molecule has 0 unspecified atom stereocenters. The second kappa shape index (κ2) is 5.37. The molecule has 1 heterocycles. The molecule has 0 spiro atoms. The van der Waals surface area contributed by atoms with E-state index in [1.165, 1.54) is 16.4 Å². The van der Waals surface area contributed by atoms with Gasteiger partial charge < -0.3 is 5.11 Å². The highest BCUT2D eigenvalue weighted by Gasteiger charge is 2.52. The third-order valence-corrected chi connectivity index (χ3v) is 6.93. The Hall–Kier alpha value is -0.920. The Kier molecular flexibility index (Phi) is 3.83. The van der Waals surface area contributed by atoms with Gasteiger partial charge in [-0.25, -0.2) is 8.42 Å². The second-order valence-corrected chi connectivity index (χ2v) is 8.40. The van der Waals surface area contributed by atoms with Gasteiger partial charge in [-0.1, -0.05) is 22.4 Å². The molecule has 0 aromatic heterocycles. The first kappa shape index (κ1) is 15.0. The number of benzene rings is 1. The lowest BCUT2D eigenvalue weighted by Crippen LogP contribution is -2.44. The summed E-state index contributed by atoms with van der Waals surface area (Å²) in [6.45, 7) is 0. The fourth-order valence-electron chi connectivity index (χ4n) is 3.53. The summed E-state index contributed by atoms with van der Waals surface area (Å²) in [4.78, 5) is 11.6. The van der Waals surface area contributed by atoms with Gasteiger partial charge in [-0.3, -0.25) is 4.79 Å². The van der Waals surface area contributed by atoms with Gasteiger partial charge >= 0.3 is 5.97 Å². The molecule has 1 aliphatic carbocycles. The molecule has 21 heavy (non-hydrogen) atoms. The Morgan fingerprint density at radius 1 is 1.24 bits per heavy atom. The van der Waals surface area contributed by atoms with Crippen LogP contribution in [0.2, 0.25) is 0 Å². The molecule has 0 bridgehead atoms. The van der Waals surface area contributed by atoms with Crippen LogP contribution in [0, 0.1) is 5.92 Å². The molecule has 3 atom stereocenters. The van der Waals surface area contributed by atoms with Crippen molar-refractivity contribution >= 4 is 31.9 Å². The largest absolute Gasteiger partial charge is 0.480 e. The topological polar surface area (TPSA) is 74.7 Å². The van der Waals surface area contributed by atoms with Crippen molar-refractivity contribution < 1.29 is 18.3 Å². The van der Waals surface area contributed by atoms with Crippen LogP contribution < -0.4 is 0 Å². The zero-order chi connectivity index (χ0) is 15.2. The minimum absolute atomic E-state index is 0.157. The van der Waals surface area contributed by atoms with E-state index >= 15 is 0 Å². The first-order chi connectivity index (χ1) is 9.91. The number of halogens is 1. The highest BCUT2D eigenvalue weighted by Crippen LogP contribution is 2.44. The highest BCUT2D eigenvalue weighted by molar-refractivity contribution is 9.10. The average Bonchev–Trinajstić information content (AvgIpc) is 2.98. The summed E-state index contributed by atoms with van der Waals surface area (Å²) in [6.07, 6.45) is 3.06. The van der Waals surface area contributed by atoms with E-state index in [0.29, 0.717) is 6.42 Å². The second-order valence-electron chi connectivity index (χ2n) is 5.64. The summed E-state index contributed by atoms with van der Waals surface area (Å²) in [6, 6.07) is 5.24. The maximum Gasteiger partial charge on any atom is 0.322 e. The third-order valence-electron chi connectivity index (χ3n) is 4.45. The summed E-state index contributed by atoms with van der Waals surface area (Å²) in [5.41, 5.74) is 0. The van der Waals surface area contributed by atoms with Gasteiger partial charge in [0.15, 0.2) is 0 Å². The maximum absolute atomic E-state index is 12.9. The number of hydrogen-bond donors (Lipinski definition) is 1. The first-order valence-corrected chi connectivity index (χ1v) is 9.16. The van der Waals surface area contributed by atoms with Crippen LogP contribution in [0.3, 0.4) is 0 Å². The fourth-order valence-corrected chi connectivity index (χ4v) is 5.67. The molecule has 114 valence electrons. The van der Waals surface area contributed by atoms with Gasteiger partial charge in [0.1, 0.15) is 6.04 Å². The number of rotatable bonds is 3. The van der Waals surface area contributed by atoms with Crippen molar-refractivity contribution in [2.45, 2.75) is 42.7 Å². The number of nitrogens with zero attached hydrogens (tertiary/aromatic N) is 1. The Labute approximate surface area is 132 Å². The maximum atomic E-state index is 12.9. The zero-order valence-corrected chi connectivity index (χ0v) is 13.7. The molecule has 1 saturated carbocycles. The number of fused-ring (bicyclic) bond motifs is 1. The van der Waals surface area contributed by atoms with Crippen molar-refractivity contribution in [1.82, 2.24) is 4.31 Å². The van der Waals surface area contributed by atoms with E-state index in [2.05, 4.69) is 15.9 Å². The fraction of sp³-hybridized carbons (Fsp3) is 0.500. The van der Waals surface area contributed by atoms with Gasteiger partial charge in [0.2, 0.25) is 10.0 Å². The van der Waals surface area contributed by atoms with E-state index in [0.717, 1.165) is 23.7 Å². The van der Waals surface area contributed by atoms with Crippen LogP contribution in [0.25, 0.3) is 0 Å². The molecule has 1 aromatic rings. The lowest BCUT2D eigenvalue weighted by atomic mass is 10.0. The van der Waals surface area contributed by atoms with Crippen molar-refractivity contribution in [3.05, 3.63) is 28.7 Å². The van der Waals surface area contributed by atoms with Crippen LogP contribution in [0.15, 0.2) is 33.6 Å². The first-order valence-electron chi connectivity index (χ1n) is 6.93. The molecule has 3 rings (SSSR count). The molecule has 1 aliphatic heterocycles. The summed E-state index contributed by atoms with van der Waals surface area (Å²) < 4.78 is 27.7. The van der Waals surface area contributed by atoms with E-state index in [4.69, 9.17) is 0 Å². The number of sulfonamides is 1. The summed E-state index contributed by atoms with van der Waals surface area (Å²) in [7, 11) is -3.77. The van der Waals surface area contributed by atoms with Crippen LogP contribution in [0.5, 0.6) is 0 Å². The van der Waals surface area contributed by atoms with Crippen LogP contribution in [0.4, 0.5) is 0 Å². The van der Waals surface area contributed by atoms with E-state index < -0.39 is 22.0 Å². The smallest absolute Gasteiger partial charge is 0.322 e. The molecule has 2 aliphatic rings. The third kappa shape index (κ3) is 2.51. The molecule has 7 heteroatoms. The van der Waals surface area contributed by atoms with Crippen molar-refractivity contribution in [2.24, 2.45) is 5.92 Å². The molecule has 0 amide bonds. The number of carboxylic acids is 1. The predicted octanol–water partition coefficient (Wildman–Crippen LogP) is 2.47. The van der Waals surface area contributed by atoms with E-state index in [1.54, 1.807) is 12.1 Å². The lowest BCUT2D eigenvalue weighted by Gasteiger charge is -2.26. The standard InChI is InChI=1S/C14H16BrNO4S/c15-10-4-6-11(7-5-10)21(19,20)16-12-3-1-2-9(12)8-13(16)14(17)18/h4-7,9,12-13H,1-3,8H2,(H,17,18)/t9-,12-,13-/m1/s1. The van der Waals surface area contributed by atoms with Crippen molar-refractivity contribution in [3.8, 4) is 0 Å². The van der Waals surface area contributed by atoms with Gasteiger partial charge in [0.25, 0.3) is 0 Å². The molecule has 1 aromatic carbocycles. The number of carboxylic acid groups (broad SMARTS) is 1. The van der Waals surface area contributed by atoms with Gasteiger partial charge in [-0.2, -0.15) is 4.31 Å². The minimum atomic E-state index is -3.77. The Morgan fingerprint density at radius 3 is 2.52 bits per heavy atom. The monoisotopic (exact) mass is 373 g/mol. The number of aliphatic carboxylic acids is 1. The molecule has 5 nitrogen and oxygen atoms in total. The quantitative estimate of drug-likeness (QED) is 0.882. The van der Waals surface area contributed by atoms with Gasteiger partial charge in [0, 0.05) is 10.5 Å². The van der Waals surface area contributed by atoms with E-state index in [1.807, 2.05) is 0 Å². The van der Waals surface area contributed by atoms with Crippen LogP contribution in [0.1, 0.15) is 25.7 Å². The molecular weight excluding hydrogens is 358 g/mol. The van der Waals surface area contributed by atoms with E-state index in [9.17, 15) is 18.3 Å². The number of carbonyl (C=O) groups is 1. The van der Waals surface area contributed by atoms with Gasteiger partial charge in [-0.05, 0) is 49.4 Å². The molecule has 1 N–H and O–H groups in total. The SMILES string of the molecule is O=C(O)[C@H]1C[C@H]2CCC[C@H]2N1S(=O)(=O)c1ccc(Br)cc1. The number of hydrogen-bond acceptors (Lipinski definition) is 3. The molecular formula is C14H16BrNO4S. The zero-order valence-electron chi connectivity index (χ0n) is 11.3. The molecule has 1 saturated heterocycles. The predicted molar refractivity (Wildman–Crippen MR) is 80.3 cm³/mol. The van der Waals surface area contributed by atoms with E-state index in [-0.39, 0.29) is 16.9 Å². The van der Waals surface area contributed by atoms with Crippen LogP contribution in [-0.4, -0.2) is 35.9 Å². The highest BCUT2D eigenvalue weighted by atomic mass is 79.9. The van der Waals surface area contributed by atoms with Gasteiger partial charge in [-0.15, -0.1) is 0 Å². The summed E-state index contributed by atoms with van der Waals surface area (Å²) in [5.74, 6) is -0.874. The van der Waals surface area contributed by atoms with Crippen molar-refractivity contribution in [2.75, 3.05) is 0 Å². The minimum Gasteiger partial charge on any atom is -0.480 e. The van der Waals surface area contributed by atoms with Crippen LogP contribution in [-0.2, 0) is 14.8 Å². The van der Waals surface area contributed by atoms with Crippen molar-refractivity contribution in [1.29, 1.82) is 0 Å². The Balaban J connectivity index is 2.02. The molecule has 0 radical (unpaired) electrons. The van der Waals surface area contributed by atoms with Crippen LogP contribution >= 0.6 is 15.9 Å². The van der Waals surface area contributed by atoms with Gasteiger partial charge in [0.05, 0.1) is 4.90 Å². The van der Waals surface area contributed by atoms with Crippen molar-refractivity contribution in [3.63, 3.8) is 0 Å². The average molecular weight is 374 g/mol. The molecule has 2 fully saturated rings. The normalized spacial score (nSPS) is 29.5. The lowest BCUT2D eigenvalue weighted by molar-refractivity contribution is -0.141.